The third-order valence-electron chi connectivity index (χ3n) is 4.80. The molecule has 30 heavy (non-hydrogen) atoms. The number of aliphatic imine (C=N–C) groups is 1. The van der Waals surface area contributed by atoms with E-state index in [4.69, 9.17) is 9.73 Å². The van der Waals surface area contributed by atoms with E-state index in [1.807, 2.05) is 17.5 Å². The Morgan fingerprint density at radius 3 is 2.60 bits per heavy atom. The van der Waals surface area contributed by atoms with Gasteiger partial charge in [0.25, 0.3) is 5.91 Å². The minimum Gasteiger partial charge on any atom is -0.379 e. The van der Waals surface area contributed by atoms with Crippen molar-refractivity contribution in [2.24, 2.45) is 4.99 Å². The van der Waals surface area contributed by atoms with Crippen LogP contribution < -0.4 is 16.0 Å². The molecule has 1 amide bonds. The Labute approximate surface area is 186 Å². The highest BCUT2D eigenvalue weighted by molar-refractivity contribution is 7.12. The molecule has 1 aliphatic heterocycles. The van der Waals surface area contributed by atoms with Crippen LogP contribution >= 0.6 is 22.7 Å². The third-order valence-corrected chi connectivity index (χ3v) is 6.64. The smallest absolute Gasteiger partial charge is 0.261 e. The number of hydrogen-bond acceptors (Lipinski definition) is 6. The lowest BCUT2D eigenvalue weighted by atomic mass is 10.2. The Kier molecular flexibility index (Phi) is 9.62. The monoisotopic (exact) mass is 449 g/mol. The van der Waals surface area contributed by atoms with Gasteiger partial charge in [0.05, 0.1) is 30.7 Å². The fourth-order valence-corrected chi connectivity index (χ4v) is 4.76. The van der Waals surface area contributed by atoms with Crippen LogP contribution in [0, 0.1) is 0 Å². The van der Waals surface area contributed by atoms with E-state index in [0.29, 0.717) is 13.1 Å². The van der Waals surface area contributed by atoms with E-state index < -0.39 is 0 Å². The molecule has 1 aliphatic rings. The average Bonchev–Trinajstić information content (AvgIpc) is 3.49. The van der Waals surface area contributed by atoms with Gasteiger partial charge in [-0.3, -0.25) is 14.7 Å². The second-order valence-corrected chi connectivity index (χ2v) is 8.84. The van der Waals surface area contributed by atoms with Crippen molar-refractivity contribution in [3.05, 3.63) is 44.8 Å². The van der Waals surface area contributed by atoms with Crippen LogP contribution in [-0.4, -0.2) is 69.2 Å². The van der Waals surface area contributed by atoms with Crippen LogP contribution in [0.2, 0.25) is 0 Å². The SMILES string of the molecule is CCNC(=NCC(c1cccs1)N1CCOCC1)NCCCNC(=O)c1cccs1. The first-order valence-corrected chi connectivity index (χ1v) is 12.2. The molecule has 7 nitrogen and oxygen atoms in total. The summed E-state index contributed by atoms with van der Waals surface area (Å²) in [4.78, 5) is 21.4. The molecule has 0 aromatic carbocycles. The molecule has 9 heteroatoms. The zero-order valence-corrected chi connectivity index (χ0v) is 19.1. The van der Waals surface area contributed by atoms with E-state index >= 15 is 0 Å². The molecule has 0 spiro atoms. The molecule has 3 heterocycles. The molecule has 0 bridgehead atoms. The molecular weight excluding hydrogens is 418 g/mol. The van der Waals surface area contributed by atoms with Crippen molar-refractivity contribution in [1.29, 1.82) is 0 Å². The number of amides is 1. The Morgan fingerprint density at radius 1 is 1.13 bits per heavy atom. The van der Waals surface area contributed by atoms with Crippen LogP contribution in [0.15, 0.2) is 40.0 Å². The van der Waals surface area contributed by atoms with E-state index in [-0.39, 0.29) is 11.9 Å². The number of guanidine groups is 1. The van der Waals surface area contributed by atoms with Gasteiger partial charge in [0.2, 0.25) is 0 Å². The predicted octanol–water partition coefficient (Wildman–Crippen LogP) is 2.56. The molecular formula is C21H31N5O2S2. The quantitative estimate of drug-likeness (QED) is 0.295. The maximum absolute atomic E-state index is 12.0. The number of morpholine rings is 1. The van der Waals surface area contributed by atoms with Gasteiger partial charge in [0.1, 0.15) is 0 Å². The maximum Gasteiger partial charge on any atom is 0.261 e. The molecule has 1 fully saturated rings. The highest BCUT2D eigenvalue weighted by Gasteiger charge is 2.23. The zero-order valence-electron chi connectivity index (χ0n) is 17.4. The van der Waals surface area contributed by atoms with Crippen molar-refractivity contribution in [1.82, 2.24) is 20.9 Å². The molecule has 1 atom stereocenters. The van der Waals surface area contributed by atoms with Gasteiger partial charge >= 0.3 is 0 Å². The first-order valence-electron chi connectivity index (χ1n) is 10.5. The van der Waals surface area contributed by atoms with Gasteiger partial charge in [-0.05, 0) is 36.2 Å². The van der Waals surface area contributed by atoms with Crippen molar-refractivity contribution in [3.8, 4) is 0 Å². The van der Waals surface area contributed by atoms with Crippen LogP contribution in [0.1, 0.15) is 33.9 Å². The van der Waals surface area contributed by atoms with Gasteiger partial charge in [0.15, 0.2) is 5.96 Å². The second-order valence-electron chi connectivity index (χ2n) is 6.91. The van der Waals surface area contributed by atoms with E-state index in [0.717, 1.165) is 56.7 Å². The molecule has 3 rings (SSSR count). The van der Waals surface area contributed by atoms with Crippen LogP contribution in [0.25, 0.3) is 0 Å². The number of carbonyl (C=O) groups excluding carboxylic acids is 1. The van der Waals surface area contributed by atoms with E-state index in [1.165, 1.54) is 16.2 Å². The first-order chi connectivity index (χ1) is 14.8. The van der Waals surface area contributed by atoms with Crippen LogP contribution in [0.5, 0.6) is 0 Å². The van der Waals surface area contributed by atoms with Crippen molar-refractivity contribution in [3.63, 3.8) is 0 Å². The minimum absolute atomic E-state index is 0.00475. The number of nitrogens with zero attached hydrogens (tertiary/aromatic N) is 2. The van der Waals surface area contributed by atoms with Crippen LogP contribution in [-0.2, 0) is 4.74 Å². The fraction of sp³-hybridized carbons (Fsp3) is 0.524. The van der Waals surface area contributed by atoms with Crippen molar-refractivity contribution in [2.45, 2.75) is 19.4 Å². The third kappa shape index (κ3) is 7.09. The predicted molar refractivity (Wildman–Crippen MR) is 125 cm³/mol. The number of thiophene rings is 2. The highest BCUT2D eigenvalue weighted by atomic mass is 32.1. The number of hydrogen-bond donors (Lipinski definition) is 3. The Hall–Kier alpha value is -1.94. The van der Waals surface area contributed by atoms with Gasteiger partial charge in [-0.25, -0.2) is 0 Å². The zero-order chi connectivity index (χ0) is 21.0. The summed E-state index contributed by atoms with van der Waals surface area (Å²) in [5, 5.41) is 13.7. The average molecular weight is 450 g/mol. The lowest BCUT2D eigenvalue weighted by Crippen LogP contribution is -2.42. The van der Waals surface area contributed by atoms with Gasteiger partial charge < -0.3 is 20.7 Å². The van der Waals surface area contributed by atoms with Gasteiger partial charge in [-0.2, -0.15) is 0 Å². The number of rotatable bonds is 10. The van der Waals surface area contributed by atoms with Gasteiger partial charge in [-0.15, -0.1) is 22.7 Å². The second kappa shape index (κ2) is 12.7. The maximum atomic E-state index is 12.0. The summed E-state index contributed by atoms with van der Waals surface area (Å²) in [5.41, 5.74) is 0. The van der Waals surface area contributed by atoms with Crippen molar-refractivity contribution < 1.29 is 9.53 Å². The summed E-state index contributed by atoms with van der Waals surface area (Å²) in [7, 11) is 0. The van der Waals surface area contributed by atoms with Gasteiger partial charge in [-0.1, -0.05) is 12.1 Å². The molecule has 0 aliphatic carbocycles. The normalized spacial score (nSPS) is 16.2. The number of ether oxygens (including phenoxy) is 1. The molecule has 2 aromatic heterocycles. The van der Waals surface area contributed by atoms with Crippen LogP contribution in [0.4, 0.5) is 0 Å². The number of carbonyl (C=O) groups is 1. The van der Waals surface area contributed by atoms with Crippen molar-refractivity contribution >= 4 is 34.5 Å². The Balaban J connectivity index is 1.47. The summed E-state index contributed by atoms with van der Waals surface area (Å²) < 4.78 is 5.52. The molecule has 3 N–H and O–H groups in total. The molecule has 1 saturated heterocycles. The highest BCUT2D eigenvalue weighted by Crippen LogP contribution is 2.26. The Bertz CT molecular complexity index is 758. The molecule has 1 unspecified atom stereocenters. The lowest BCUT2D eigenvalue weighted by Gasteiger charge is -2.33. The largest absolute Gasteiger partial charge is 0.379 e. The summed E-state index contributed by atoms with van der Waals surface area (Å²) in [6, 6.07) is 8.30. The molecule has 164 valence electrons. The summed E-state index contributed by atoms with van der Waals surface area (Å²) >= 11 is 3.24. The molecule has 2 aromatic rings. The van der Waals surface area contributed by atoms with Crippen molar-refractivity contribution in [2.75, 3.05) is 52.5 Å². The van der Waals surface area contributed by atoms with Gasteiger partial charge in [0, 0.05) is 37.6 Å². The lowest BCUT2D eigenvalue weighted by molar-refractivity contribution is 0.0186. The molecule has 0 radical (unpaired) electrons. The molecule has 0 saturated carbocycles. The fourth-order valence-electron chi connectivity index (χ4n) is 3.27. The summed E-state index contributed by atoms with van der Waals surface area (Å²) in [6.07, 6.45) is 0.833. The summed E-state index contributed by atoms with van der Waals surface area (Å²) in [6.45, 7) is 8.39. The van der Waals surface area contributed by atoms with E-state index in [1.54, 1.807) is 11.3 Å². The van der Waals surface area contributed by atoms with Crippen LogP contribution in [0.3, 0.4) is 0 Å². The van der Waals surface area contributed by atoms with E-state index in [2.05, 4.69) is 45.3 Å². The topological polar surface area (TPSA) is 78.0 Å². The number of nitrogens with one attached hydrogen (secondary N) is 3. The summed E-state index contributed by atoms with van der Waals surface area (Å²) in [5.74, 6) is 0.812. The minimum atomic E-state index is -0.00475. The van der Waals surface area contributed by atoms with E-state index in [9.17, 15) is 4.79 Å². The standard InChI is InChI=1S/C21H31N5O2S2/c1-2-22-21(24-9-5-8-23-20(27)19-7-4-15-30-19)25-16-17(18-6-3-14-29-18)26-10-12-28-13-11-26/h3-4,6-7,14-15,17H,2,5,8-13,16H2,1H3,(H,23,27)(H2,22,24,25). The Morgan fingerprint density at radius 2 is 1.90 bits per heavy atom. The first kappa shape index (κ1) is 22.7.